The molecule has 1 rings (SSSR count). The van der Waals surface area contributed by atoms with Gasteiger partial charge in [-0.3, -0.25) is 11.3 Å². The zero-order valence-electron chi connectivity index (χ0n) is 11.0. The van der Waals surface area contributed by atoms with Crippen LogP contribution in [-0.4, -0.2) is 11.0 Å². The molecule has 0 aromatic heterocycles. The summed E-state index contributed by atoms with van der Waals surface area (Å²) in [5.41, 5.74) is 2.79. The number of halogens is 3. The normalized spacial score (nSPS) is 15.3. The molecule has 2 nitrogen and oxygen atoms in total. The maximum Gasteiger partial charge on any atom is 0.416 e. The number of thioether (sulfide) groups is 1. The van der Waals surface area contributed by atoms with Crippen molar-refractivity contribution >= 4 is 11.8 Å². The lowest BCUT2D eigenvalue weighted by molar-refractivity contribution is -0.137. The van der Waals surface area contributed by atoms with Crippen molar-refractivity contribution in [3.05, 3.63) is 35.4 Å². The van der Waals surface area contributed by atoms with Gasteiger partial charge in [-0.1, -0.05) is 26.0 Å². The van der Waals surface area contributed by atoms with Gasteiger partial charge in [0, 0.05) is 11.0 Å². The van der Waals surface area contributed by atoms with Gasteiger partial charge in [0.25, 0.3) is 0 Å². The van der Waals surface area contributed by atoms with E-state index >= 15 is 0 Å². The topological polar surface area (TPSA) is 38.0 Å². The van der Waals surface area contributed by atoms with Crippen molar-refractivity contribution in [2.45, 2.75) is 37.7 Å². The monoisotopic (exact) mass is 292 g/mol. The van der Waals surface area contributed by atoms with Gasteiger partial charge >= 0.3 is 6.18 Å². The summed E-state index contributed by atoms with van der Waals surface area (Å²) in [5.74, 6) is 6.20. The first-order valence-corrected chi connectivity index (χ1v) is 7.18. The Labute approximate surface area is 115 Å². The SMILES string of the molecule is CCC(C)SCC(NN)c1ccc(C(F)(F)F)cc1. The first-order chi connectivity index (χ1) is 8.88. The third-order valence-electron chi connectivity index (χ3n) is 2.96. The minimum absolute atomic E-state index is 0.138. The molecule has 19 heavy (non-hydrogen) atoms. The Hall–Kier alpha value is -0.720. The van der Waals surface area contributed by atoms with Crippen LogP contribution in [0.5, 0.6) is 0 Å². The van der Waals surface area contributed by atoms with E-state index in [1.165, 1.54) is 12.1 Å². The van der Waals surface area contributed by atoms with Crippen molar-refractivity contribution in [2.75, 3.05) is 5.75 Å². The van der Waals surface area contributed by atoms with Gasteiger partial charge in [-0.05, 0) is 24.1 Å². The van der Waals surface area contributed by atoms with Crippen LogP contribution in [-0.2, 0) is 6.18 Å². The van der Waals surface area contributed by atoms with E-state index in [1.807, 2.05) is 0 Å². The largest absolute Gasteiger partial charge is 0.416 e. The van der Waals surface area contributed by atoms with Gasteiger partial charge in [0.1, 0.15) is 0 Å². The predicted octanol–water partition coefficient (Wildman–Crippen LogP) is 3.74. The van der Waals surface area contributed by atoms with E-state index in [4.69, 9.17) is 5.84 Å². The Morgan fingerprint density at radius 1 is 1.26 bits per heavy atom. The standard InChI is InChI=1S/C13H19F3N2S/c1-3-9(2)19-8-12(18-17)10-4-6-11(7-5-10)13(14,15)16/h4-7,9,12,18H,3,8,17H2,1-2H3. The number of rotatable bonds is 6. The van der Waals surface area contributed by atoms with Crippen molar-refractivity contribution in [3.8, 4) is 0 Å². The highest BCUT2D eigenvalue weighted by atomic mass is 32.2. The molecule has 1 aromatic rings. The number of hydrogen-bond acceptors (Lipinski definition) is 3. The average Bonchev–Trinajstić information content (AvgIpc) is 2.38. The van der Waals surface area contributed by atoms with Crippen LogP contribution in [0, 0.1) is 0 Å². The van der Waals surface area contributed by atoms with Gasteiger partial charge < -0.3 is 0 Å². The Morgan fingerprint density at radius 3 is 2.26 bits per heavy atom. The quantitative estimate of drug-likeness (QED) is 0.619. The first-order valence-electron chi connectivity index (χ1n) is 6.13. The molecule has 6 heteroatoms. The number of alkyl halides is 3. The predicted molar refractivity (Wildman–Crippen MR) is 73.7 cm³/mol. The van der Waals surface area contributed by atoms with Crippen LogP contribution in [0.1, 0.15) is 37.4 Å². The number of benzene rings is 1. The molecule has 0 aliphatic rings. The molecule has 3 N–H and O–H groups in total. The molecule has 2 unspecified atom stereocenters. The Kier molecular flexibility index (Phi) is 6.16. The molecule has 0 saturated heterocycles. The first kappa shape index (κ1) is 16.3. The molecule has 108 valence electrons. The van der Waals surface area contributed by atoms with Gasteiger partial charge in [0.15, 0.2) is 0 Å². The highest BCUT2D eigenvalue weighted by Gasteiger charge is 2.30. The van der Waals surface area contributed by atoms with Gasteiger partial charge in [-0.15, -0.1) is 0 Å². The van der Waals surface area contributed by atoms with Crippen molar-refractivity contribution in [1.29, 1.82) is 0 Å². The third kappa shape index (κ3) is 5.04. The molecule has 0 heterocycles. The molecular weight excluding hydrogens is 273 g/mol. The number of nitrogens with one attached hydrogen (secondary N) is 1. The van der Waals surface area contributed by atoms with E-state index < -0.39 is 11.7 Å². The zero-order chi connectivity index (χ0) is 14.5. The lowest BCUT2D eigenvalue weighted by Crippen LogP contribution is -2.30. The molecule has 0 spiro atoms. The summed E-state index contributed by atoms with van der Waals surface area (Å²) in [6, 6.07) is 5.00. The molecule has 1 aromatic carbocycles. The number of hydrogen-bond donors (Lipinski definition) is 2. The molecule has 0 radical (unpaired) electrons. The average molecular weight is 292 g/mol. The number of nitrogens with two attached hydrogens (primary N) is 1. The zero-order valence-corrected chi connectivity index (χ0v) is 11.8. The van der Waals surface area contributed by atoms with Crippen LogP contribution in [0.15, 0.2) is 24.3 Å². The molecule has 0 aliphatic carbocycles. The second-order valence-corrected chi connectivity index (χ2v) is 5.86. The summed E-state index contributed by atoms with van der Waals surface area (Å²) >= 11 is 1.75. The van der Waals surface area contributed by atoms with E-state index in [0.717, 1.165) is 29.9 Å². The highest BCUT2D eigenvalue weighted by molar-refractivity contribution is 7.99. The van der Waals surface area contributed by atoms with Crippen LogP contribution in [0.25, 0.3) is 0 Å². The van der Waals surface area contributed by atoms with E-state index in [2.05, 4.69) is 19.3 Å². The van der Waals surface area contributed by atoms with Crippen LogP contribution in [0.2, 0.25) is 0 Å². The lowest BCUT2D eigenvalue weighted by Gasteiger charge is -2.18. The fourth-order valence-corrected chi connectivity index (χ4v) is 2.57. The fraction of sp³-hybridized carbons (Fsp3) is 0.538. The number of hydrazine groups is 1. The lowest BCUT2D eigenvalue weighted by atomic mass is 10.1. The van der Waals surface area contributed by atoms with E-state index in [-0.39, 0.29) is 6.04 Å². The summed E-state index contributed by atoms with van der Waals surface area (Å²) < 4.78 is 37.4. The van der Waals surface area contributed by atoms with E-state index in [1.54, 1.807) is 11.8 Å². The summed E-state index contributed by atoms with van der Waals surface area (Å²) in [6.45, 7) is 4.21. The summed E-state index contributed by atoms with van der Waals surface area (Å²) in [5, 5.41) is 0.505. The minimum atomic E-state index is -4.30. The van der Waals surface area contributed by atoms with Crippen molar-refractivity contribution < 1.29 is 13.2 Å². The second-order valence-electron chi connectivity index (χ2n) is 4.39. The summed E-state index contributed by atoms with van der Waals surface area (Å²) in [7, 11) is 0. The van der Waals surface area contributed by atoms with Crippen LogP contribution in [0.3, 0.4) is 0 Å². The van der Waals surface area contributed by atoms with Gasteiger partial charge in [-0.25, -0.2) is 0 Å². The third-order valence-corrected chi connectivity index (χ3v) is 4.39. The molecule has 0 bridgehead atoms. The maximum atomic E-state index is 12.5. The maximum absolute atomic E-state index is 12.5. The summed E-state index contributed by atoms with van der Waals surface area (Å²) in [6.07, 6.45) is -3.25. The van der Waals surface area contributed by atoms with Crippen molar-refractivity contribution in [2.24, 2.45) is 5.84 Å². The van der Waals surface area contributed by atoms with Gasteiger partial charge in [0.05, 0.1) is 11.6 Å². The Bertz CT molecular complexity index is 378. The molecule has 0 saturated carbocycles. The van der Waals surface area contributed by atoms with Crippen molar-refractivity contribution in [3.63, 3.8) is 0 Å². The van der Waals surface area contributed by atoms with E-state index in [0.29, 0.717) is 5.25 Å². The van der Waals surface area contributed by atoms with Gasteiger partial charge in [0.2, 0.25) is 0 Å². The molecule has 0 amide bonds. The highest BCUT2D eigenvalue weighted by Crippen LogP contribution is 2.30. The molecule has 2 atom stereocenters. The van der Waals surface area contributed by atoms with E-state index in [9.17, 15) is 13.2 Å². The Morgan fingerprint density at radius 2 is 1.84 bits per heavy atom. The van der Waals surface area contributed by atoms with Crippen LogP contribution >= 0.6 is 11.8 Å². The van der Waals surface area contributed by atoms with Crippen molar-refractivity contribution in [1.82, 2.24) is 5.43 Å². The van der Waals surface area contributed by atoms with Crippen LogP contribution < -0.4 is 11.3 Å². The fourth-order valence-electron chi connectivity index (χ4n) is 1.52. The van der Waals surface area contributed by atoms with Crippen LogP contribution in [0.4, 0.5) is 13.2 Å². The molecule has 0 fully saturated rings. The molecule has 0 aliphatic heterocycles. The molecular formula is C13H19F3N2S. The summed E-state index contributed by atoms with van der Waals surface area (Å²) in [4.78, 5) is 0. The Balaban J connectivity index is 2.71. The minimum Gasteiger partial charge on any atom is -0.271 e. The second kappa shape index (κ2) is 7.17. The van der Waals surface area contributed by atoms with Gasteiger partial charge in [-0.2, -0.15) is 24.9 Å². The smallest absolute Gasteiger partial charge is 0.271 e.